The van der Waals surface area contributed by atoms with Gasteiger partial charge in [0.25, 0.3) is 5.91 Å². The van der Waals surface area contributed by atoms with E-state index in [4.69, 9.17) is 22.9 Å². The molecule has 0 saturated carbocycles. The molecule has 4 rings (SSSR count). The van der Waals surface area contributed by atoms with Crippen LogP contribution in [0.2, 0.25) is 5.02 Å². The van der Waals surface area contributed by atoms with Gasteiger partial charge in [0.05, 0.1) is 17.1 Å². The molecule has 4 N–H and O–H groups in total. The molecule has 1 fully saturated rings. The van der Waals surface area contributed by atoms with E-state index in [0.717, 1.165) is 31.5 Å². The van der Waals surface area contributed by atoms with Crippen molar-refractivity contribution in [3.8, 4) is 0 Å². The number of azide groups is 1. The fourth-order valence-electron chi connectivity index (χ4n) is 5.07. The van der Waals surface area contributed by atoms with E-state index in [2.05, 4.69) is 25.8 Å². The van der Waals surface area contributed by atoms with Gasteiger partial charge in [0.2, 0.25) is 17.7 Å². The Bertz CT molecular complexity index is 1630. The third kappa shape index (κ3) is 7.28. The first kappa shape index (κ1) is 31.4. The van der Waals surface area contributed by atoms with Crippen molar-refractivity contribution >= 4 is 46.1 Å². The van der Waals surface area contributed by atoms with E-state index in [-0.39, 0.29) is 52.8 Å². The van der Waals surface area contributed by atoms with Crippen molar-refractivity contribution in [3.63, 3.8) is 0 Å². The summed E-state index contributed by atoms with van der Waals surface area (Å²) in [5.41, 5.74) is 15.3. The number of rotatable bonds is 10. The molecule has 0 aliphatic carbocycles. The zero-order valence-electron chi connectivity index (χ0n) is 23.6. The summed E-state index contributed by atoms with van der Waals surface area (Å²) >= 11 is 6.17. The Morgan fingerprint density at radius 1 is 1.30 bits per heavy atom. The maximum Gasteiger partial charge on any atom is 0.269 e. The summed E-state index contributed by atoms with van der Waals surface area (Å²) in [5.74, 6) is -3.15. The van der Waals surface area contributed by atoms with E-state index in [1.807, 2.05) is 0 Å². The molecule has 1 unspecified atom stereocenters. The highest BCUT2D eigenvalue weighted by atomic mass is 35.5. The Morgan fingerprint density at radius 2 is 2.07 bits per heavy atom. The number of nitrogens with zero attached hydrogens (tertiary/aromatic N) is 6. The van der Waals surface area contributed by atoms with E-state index < -0.39 is 35.5 Å². The lowest BCUT2D eigenvalue weighted by Crippen LogP contribution is -2.45. The predicted octanol–water partition coefficient (Wildman–Crippen LogP) is 3.40. The molecule has 226 valence electrons. The molecule has 43 heavy (non-hydrogen) atoms. The summed E-state index contributed by atoms with van der Waals surface area (Å²) < 4.78 is 16.1. The summed E-state index contributed by atoms with van der Waals surface area (Å²) in [4.78, 5) is 54.1. The molecule has 3 aromatic rings. The number of benzene rings is 2. The number of halogens is 2. The number of hydrogen-bond acceptors (Lipinski definition) is 6. The lowest BCUT2D eigenvalue weighted by molar-refractivity contribution is -0.138. The molecule has 1 aliphatic rings. The van der Waals surface area contributed by atoms with Crippen LogP contribution in [0, 0.1) is 5.82 Å². The number of carbonyl (C=O) groups is 4. The van der Waals surface area contributed by atoms with Crippen LogP contribution in [0.15, 0.2) is 35.4 Å². The van der Waals surface area contributed by atoms with Gasteiger partial charge in [0.1, 0.15) is 12.4 Å². The van der Waals surface area contributed by atoms with E-state index in [1.165, 1.54) is 27.8 Å². The van der Waals surface area contributed by atoms with Gasteiger partial charge in [-0.3, -0.25) is 23.9 Å². The number of nitrogens with one attached hydrogen (secondary N) is 2. The molecular weight excluding hydrogens is 581 g/mol. The molecule has 2 aromatic carbocycles. The molecule has 0 spiro atoms. The van der Waals surface area contributed by atoms with Crippen LogP contribution in [0.3, 0.4) is 0 Å². The van der Waals surface area contributed by atoms with Crippen LogP contribution in [-0.2, 0) is 22.7 Å². The van der Waals surface area contributed by atoms with Gasteiger partial charge in [-0.25, -0.2) is 4.39 Å². The molecule has 1 saturated heterocycles. The summed E-state index contributed by atoms with van der Waals surface area (Å²) in [7, 11) is 0. The Morgan fingerprint density at radius 3 is 2.72 bits per heavy atom. The number of aromatic nitrogens is 2. The molecule has 2 heterocycles. The van der Waals surface area contributed by atoms with Gasteiger partial charge in [-0.2, -0.15) is 5.10 Å². The monoisotopic (exact) mass is 611 g/mol. The van der Waals surface area contributed by atoms with Gasteiger partial charge in [-0.15, -0.1) is 0 Å². The van der Waals surface area contributed by atoms with Crippen molar-refractivity contribution in [2.75, 3.05) is 19.6 Å². The first-order chi connectivity index (χ1) is 20.5. The number of amides is 4. The van der Waals surface area contributed by atoms with Gasteiger partial charge in [0, 0.05) is 40.6 Å². The third-order valence-corrected chi connectivity index (χ3v) is 7.55. The minimum atomic E-state index is -0.888. The molecule has 1 atom stereocenters. The Balaban J connectivity index is 1.48. The normalized spacial score (nSPS) is 14.8. The number of carbonyl (C=O) groups excluding carboxylic acids is 4. The van der Waals surface area contributed by atoms with Crippen LogP contribution in [0.1, 0.15) is 64.6 Å². The fourth-order valence-corrected chi connectivity index (χ4v) is 5.31. The van der Waals surface area contributed by atoms with Gasteiger partial charge in [0.15, 0.2) is 5.69 Å². The Hall–Kier alpha value is -4.52. The second-order valence-electron chi connectivity index (χ2n) is 10.5. The number of piperidine rings is 1. The van der Waals surface area contributed by atoms with Crippen molar-refractivity contribution in [3.05, 3.63) is 74.0 Å². The summed E-state index contributed by atoms with van der Waals surface area (Å²) in [6.45, 7) is 4.39. The SMILES string of the molecule is CC(C)N(CC(=O)NCc1cc(C2CCCNC2)cc(Cl)c1F)C(=O)Cn1nc(C(N)=O)c2cc(C(=O)N=[N+]=[N-])ccc21. The van der Waals surface area contributed by atoms with Crippen LogP contribution in [-0.4, -0.2) is 64.0 Å². The molecule has 1 aromatic heterocycles. The highest BCUT2D eigenvalue weighted by Gasteiger charge is 2.24. The molecule has 15 heteroatoms. The number of hydrogen-bond donors (Lipinski definition) is 3. The molecule has 1 aliphatic heterocycles. The second kappa shape index (κ2) is 13.6. The quantitative estimate of drug-likeness (QED) is 0.179. The predicted molar refractivity (Wildman–Crippen MR) is 157 cm³/mol. The van der Waals surface area contributed by atoms with Crippen molar-refractivity contribution < 1.29 is 23.6 Å². The average Bonchev–Trinajstić information content (AvgIpc) is 3.34. The molecule has 4 amide bonds. The smallest absolute Gasteiger partial charge is 0.269 e. The van der Waals surface area contributed by atoms with Crippen LogP contribution in [0.25, 0.3) is 21.3 Å². The number of primary amides is 1. The largest absolute Gasteiger partial charge is 0.364 e. The van der Waals surface area contributed by atoms with Gasteiger partial charge in [-0.1, -0.05) is 17.7 Å². The van der Waals surface area contributed by atoms with Gasteiger partial charge in [-0.05, 0) is 79.6 Å². The highest BCUT2D eigenvalue weighted by Crippen LogP contribution is 2.29. The molecular formula is C28H31ClFN9O4. The summed E-state index contributed by atoms with van der Waals surface area (Å²) in [6, 6.07) is 7.07. The third-order valence-electron chi connectivity index (χ3n) is 7.28. The molecule has 13 nitrogen and oxygen atoms in total. The molecule has 0 radical (unpaired) electrons. The zero-order chi connectivity index (χ0) is 31.3. The minimum absolute atomic E-state index is 0.0117. The lowest BCUT2D eigenvalue weighted by Gasteiger charge is -2.26. The molecule has 0 bridgehead atoms. The van der Waals surface area contributed by atoms with Crippen molar-refractivity contribution in [1.29, 1.82) is 0 Å². The number of nitrogens with two attached hydrogens (primary N) is 1. The number of fused-ring (bicyclic) bond motifs is 1. The Kier molecular flexibility index (Phi) is 9.96. The van der Waals surface area contributed by atoms with Crippen LogP contribution in [0.4, 0.5) is 4.39 Å². The van der Waals surface area contributed by atoms with Crippen LogP contribution >= 0.6 is 11.6 Å². The summed E-state index contributed by atoms with van der Waals surface area (Å²) in [5, 5.41) is 13.4. The van der Waals surface area contributed by atoms with E-state index in [0.29, 0.717) is 5.52 Å². The van der Waals surface area contributed by atoms with Crippen molar-refractivity contribution in [1.82, 2.24) is 25.3 Å². The minimum Gasteiger partial charge on any atom is -0.364 e. The maximum atomic E-state index is 14.8. The standard InChI is InChI=1S/C28H31ClFN9O4/c1-15(2)38(13-23(40)34-12-19-8-18(10-21(29)25(19)30)17-4-3-7-33-11-17)24(41)14-39-22-6-5-16(28(43)35-37-32)9-20(22)26(36-39)27(31)42/h5-6,8-10,15,17,33H,3-4,7,11-14H2,1-2H3,(H2,31,42)(H,34,40). The van der Waals surface area contributed by atoms with E-state index >= 15 is 0 Å². The van der Waals surface area contributed by atoms with Gasteiger partial charge >= 0.3 is 0 Å². The average molecular weight is 612 g/mol. The van der Waals surface area contributed by atoms with E-state index in [1.54, 1.807) is 26.0 Å². The zero-order valence-corrected chi connectivity index (χ0v) is 24.4. The maximum absolute atomic E-state index is 14.8. The Labute approximate surface area is 251 Å². The topological polar surface area (TPSA) is 188 Å². The lowest BCUT2D eigenvalue weighted by atomic mass is 9.90. The van der Waals surface area contributed by atoms with Crippen LogP contribution < -0.4 is 16.4 Å². The van der Waals surface area contributed by atoms with Crippen molar-refractivity contribution in [2.24, 2.45) is 10.8 Å². The van der Waals surface area contributed by atoms with Crippen LogP contribution in [0.5, 0.6) is 0 Å². The second-order valence-corrected chi connectivity index (χ2v) is 10.9. The first-order valence-corrected chi connectivity index (χ1v) is 14.0. The van der Waals surface area contributed by atoms with Gasteiger partial charge < -0.3 is 21.3 Å². The summed E-state index contributed by atoms with van der Waals surface area (Å²) in [6.07, 6.45) is 1.95. The van der Waals surface area contributed by atoms with E-state index in [9.17, 15) is 23.6 Å². The first-order valence-electron chi connectivity index (χ1n) is 13.6. The van der Waals surface area contributed by atoms with Crippen molar-refractivity contribution in [2.45, 2.75) is 51.7 Å². The fraction of sp³-hybridized carbons (Fsp3) is 0.393. The highest BCUT2D eigenvalue weighted by molar-refractivity contribution is 6.30.